The van der Waals surface area contributed by atoms with E-state index >= 15 is 0 Å². The van der Waals surface area contributed by atoms with Crippen molar-refractivity contribution in [2.45, 2.75) is 68.9 Å². The summed E-state index contributed by atoms with van der Waals surface area (Å²) in [7, 11) is 0. The summed E-state index contributed by atoms with van der Waals surface area (Å²) in [6.07, 6.45) is 8.80. The minimum atomic E-state index is 0.157. The van der Waals surface area contributed by atoms with Crippen LogP contribution >= 0.6 is 0 Å². The zero-order chi connectivity index (χ0) is 15.2. The maximum atomic E-state index is 12.7. The molecular formula is C19H26N2O. The van der Waals surface area contributed by atoms with Gasteiger partial charge in [0.2, 0.25) is 5.91 Å². The first-order chi connectivity index (χ1) is 10.7. The van der Waals surface area contributed by atoms with Crippen molar-refractivity contribution in [2.75, 3.05) is 0 Å². The molecule has 0 saturated heterocycles. The Morgan fingerprint density at radius 1 is 1.18 bits per heavy atom. The van der Waals surface area contributed by atoms with Crippen molar-refractivity contribution in [1.82, 2.24) is 5.32 Å². The molecule has 1 amide bonds. The summed E-state index contributed by atoms with van der Waals surface area (Å²) < 4.78 is 0. The number of aryl methyl sites for hydroxylation is 1. The highest BCUT2D eigenvalue weighted by atomic mass is 16.2. The molecule has 2 fully saturated rings. The number of benzene rings is 1. The van der Waals surface area contributed by atoms with Gasteiger partial charge in [0, 0.05) is 23.4 Å². The highest BCUT2D eigenvalue weighted by Gasteiger charge is 2.60. The van der Waals surface area contributed by atoms with Crippen molar-refractivity contribution in [3.63, 3.8) is 0 Å². The second kappa shape index (κ2) is 5.38. The Morgan fingerprint density at radius 3 is 2.77 bits per heavy atom. The molecule has 22 heavy (non-hydrogen) atoms. The first kappa shape index (κ1) is 14.3. The third-order valence-electron chi connectivity index (χ3n) is 6.13. The van der Waals surface area contributed by atoms with Gasteiger partial charge in [-0.15, -0.1) is 0 Å². The van der Waals surface area contributed by atoms with Crippen molar-refractivity contribution in [1.29, 1.82) is 0 Å². The van der Waals surface area contributed by atoms with E-state index in [9.17, 15) is 4.79 Å². The third kappa shape index (κ3) is 2.36. The lowest BCUT2D eigenvalue weighted by Crippen LogP contribution is -2.42. The quantitative estimate of drug-likeness (QED) is 0.882. The van der Waals surface area contributed by atoms with Crippen LogP contribution in [0.3, 0.4) is 0 Å². The lowest BCUT2D eigenvalue weighted by molar-refractivity contribution is -0.123. The fourth-order valence-electron chi connectivity index (χ4n) is 4.74. The van der Waals surface area contributed by atoms with Crippen LogP contribution in [0, 0.1) is 5.92 Å². The molecule has 4 rings (SSSR count). The SMILES string of the molecule is NC1CCC(NC(=O)C2CC23CCCc2ccccc23)CC1. The van der Waals surface area contributed by atoms with Gasteiger partial charge < -0.3 is 11.1 Å². The Balaban J connectivity index is 1.45. The maximum Gasteiger partial charge on any atom is 0.224 e. The number of rotatable bonds is 2. The Hall–Kier alpha value is -1.35. The topological polar surface area (TPSA) is 55.1 Å². The average Bonchev–Trinajstić information content (AvgIpc) is 3.25. The minimum absolute atomic E-state index is 0.157. The fourth-order valence-corrected chi connectivity index (χ4v) is 4.74. The van der Waals surface area contributed by atoms with Gasteiger partial charge in [-0.1, -0.05) is 24.3 Å². The molecule has 2 atom stereocenters. The van der Waals surface area contributed by atoms with E-state index in [4.69, 9.17) is 5.73 Å². The van der Waals surface area contributed by atoms with E-state index < -0.39 is 0 Å². The van der Waals surface area contributed by atoms with Crippen molar-refractivity contribution in [3.05, 3.63) is 35.4 Å². The monoisotopic (exact) mass is 298 g/mol. The average molecular weight is 298 g/mol. The number of amides is 1. The van der Waals surface area contributed by atoms with E-state index in [0.717, 1.165) is 32.1 Å². The summed E-state index contributed by atoms with van der Waals surface area (Å²) in [6, 6.07) is 9.44. The number of carbonyl (C=O) groups excluding carboxylic acids is 1. The molecule has 118 valence electrons. The molecular weight excluding hydrogens is 272 g/mol. The molecule has 3 aliphatic carbocycles. The van der Waals surface area contributed by atoms with Gasteiger partial charge in [0.25, 0.3) is 0 Å². The lowest BCUT2D eigenvalue weighted by Gasteiger charge is -2.29. The second-order valence-electron chi connectivity index (χ2n) is 7.54. The van der Waals surface area contributed by atoms with Crippen LogP contribution in [0.25, 0.3) is 0 Å². The van der Waals surface area contributed by atoms with Gasteiger partial charge in [0.15, 0.2) is 0 Å². The lowest BCUT2D eigenvalue weighted by atomic mass is 9.78. The highest BCUT2D eigenvalue weighted by Crippen LogP contribution is 2.60. The molecule has 3 N–H and O–H groups in total. The van der Waals surface area contributed by atoms with Gasteiger partial charge in [-0.2, -0.15) is 0 Å². The summed E-state index contributed by atoms with van der Waals surface area (Å²) in [5, 5.41) is 3.31. The fraction of sp³-hybridized carbons (Fsp3) is 0.632. The van der Waals surface area contributed by atoms with Gasteiger partial charge in [0.1, 0.15) is 0 Å². The molecule has 2 unspecified atom stereocenters. The van der Waals surface area contributed by atoms with Crippen molar-refractivity contribution in [2.24, 2.45) is 11.7 Å². The van der Waals surface area contributed by atoms with E-state index in [1.54, 1.807) is 0 Å². The van der Waals surface area contributed by atoms with Gasteiger partial charge in [-0.05, 0) is 62.5 Å². The molecule has 2 saturated carbocycles. The van der Waals surface area contributed by atoms with Crippen molar-refractivity contribution in [3.8, 4) is 0 Å². The number of carbonyl (C=O) groups is 1. The number of nitrogens with two attached hydrogens (primary N) is 1. The van der Waals surface area contributed by atoms with Crippen LogP contribution in [0.1, 0.15) is 56.1 Å². The minimum Gasteiger partial charge on any atom is -0.353 e. The Labute approximate surface area is 132 Å². The summed E-state index contributed by atoms with van der Waals surface area (Å²) in [5.41, 5.74) is 9.03. The van der Waals surface area contributed by atoms with Crippen LogP contribution in [-0.4, -0.2) is 18.0 Å². The molecule has 3 nitrogen and oxygen atoms in total. The molecule has 1 aromatic rings. The van der Waals surface area contributed by atoms with E-state index in [1.165, 1.54) is 30.4 Å². The van der Waals surface area contributed by atoms with Crippen LogP contribution < -0.4 is 11.1 Å². The summed E-state index contributed by atoms with van der Waals surface area (Å²) in [6.45, 7) is 0. The Kier molecular flexibility index (Phi) is 3.48. The van der Waals surface area contributed by atoms with E-state index in [2.05, 4.69) is 29.6 Å². The number of fused-ring (bicyclic) bond motifs is 2. The molecule has 0 radical (unpaired) electrons. The first-order valence-electron chi connectivity index (χ1n) is 8.83. The molecule has 0 bridgehead atoms. The molecule has 0 aromatic heterocycles. The summed E-state index contributed by atoms with van der Waals surface area (Å²) in [4.78, 5) is 12.7. The largest absolute Gasteiger partial charge is 0.353 e. The maximum absolute atomic E-state index is 12.7. The second-order valence-corrected chi connectivity index (χ2v) is 7.54. The highest BCUT2D eigenvalue weighted by molar-refractivity contribution is 5.85. The smallest absolute Gasteiger partial charge is 0.224 e. The Bertz CT molecular complexity index is 577. The number of hydrogen-bond donors (Lipinski definition) is 2. The summed E-state index contributed by atoms with van der Waals surface area (Å²) >= 11 is 0. The van der Waals surface area contributed by atoms with Crippen molar-refractivity contribution < 1.29 is 4.79 Å². The van der Waals surface area contributed by atoms with E-state index in [-0.39, 0.29) is 17.2 Å². The third-order valence-corrected chi connectivity index (χ3v) is 6.13. The zero-order valence-electron chi connectivity index (χ0n) is 13.2. The molecule has 0 aliphatic heterocycles. The normalized spacial score (nSPS) is 36.7. The van der Waals surface area contributed by atoms with Gasteiger partial charge in [-0.3, -0.25) is 4.79 Å². The predicted octanol–water partition coefficient (Wildman–Crippen LogP) is 2.67. The molecule has 0 heterocycles. The van der Waals surface area contributed by atoms with Gasteiger partial charge >= 0.3 is 0 Å². The predicted molar refractivity (Wildman–Crippen MR) is 87.5 cm³/mol. The molecule has 1 aromatic carbocycles. The summed E-state index contributed by atoms with van der Waals surface area (Å²) in [5.74, 6) is 0.488. The molecule has 3 aliphatic rings. The van der Waals surface area contributed by atoms with Crippen molar-refractivity contribution >= 4 is 5.91 Å². The molecule has 3 heteroatoms. The standard InChI is InChI=1S/C19H26N2O/c20-14-7-9-15(10-8-14)21-18(22)17-12-19(17)11-3-5-13-4-1-2-6-16(13)19/h1-2,4,6,14-15,17H,3,5,7-12,20H2,(H,21,22). The first-order valence-corrected chi connectivity index (χ1v) is 8.83. The van der Waals surface area contributed by atoms with Crippen LogP contribution in [0.15, 0.2) is 24.3 Å². The van der Waals surface area contributed by atoms with Crippen LogP contribution in [0.5, 0.6) is 0 Å². The number of nitrogens with one attached hydrogen (secondary N) is 1. The number of hydrogen-bond acceptors (Lipinski definition) is 2. The van der Waals surface area contributed by atoms with E-state index in [0.29, 0.717) is 12.1 Å². The zero-order valence-corrected chi connectivity index (χ0v) is 13.2. The Morgan fingerprint density at radius 2 is 1.95 bits per heavy atom. The van der Waals surface area contributed by atoms with Crippen LogP contribution in [0.2, 0.25) is 0 Å². The van der Waals surface area contributed by atoms with Crippen LogP contribution in [-0.2, 0) is 16.6 Å². The van der Waals surface area contributed by atoms with E-state index in [1.807, 2.05) is 0 Å². The molecule has 1 spiro atoms. The van der Waals surface area contributed by atoms with Gasteiger partial charge in [-0.25, -0.2) is 0 Å². The van der Waals surface area contributed by atoms with Gasteiger partial charge in [0.05, 0.1) is 0 Å². The van der Waals surface area contributed by atoms with Crippen LogP contribution in [0.4, 0.5) is 0 Å².